The van der Waals surface area contributed by atoms with Crippen molar-refractivity contribution in [1.29, 1.82) is 0 Å². The lowest BCUT2D eigenvalue weighted by Gasteiger charge is -2.09. The summed E-state index contributed by atoms with van der Waals surface area (Å²) in [6, 6.07) is 3.29. The van der Waals surface area contributed by atoms with Crippen LogP contribution in [-0.2, 0) is 11.3 Å². The van der Waals surface area contributed by atoms with E-state index in [1.54, 1.807) is 19.2 Å². The molecule has 0 aliphatic carbocycles. The first-order chi connectivity index (χ1) is 6.72. The molecule has 0 spiro atoms. The predicted molar refractivity (Wildman–Crippen MR) is 54.1 cm³/mol. The van der Waals surface area contributed by atoms with Gasteiger partial charge >= 0.3 is 0 Å². The normalized spacial score (nSPS) is 9.93. The van der Waals surface area contributed by atoms with Gasteiger partial charge in [0.1, 0.15) is 5.75 Å². The van der Waals surface area contributed by atoms with Gasteiger partial charge < -0.3 is 9.47 Å². The summed E-state index contributed by atoms with van der Waals surface area (Å²) < 4.78 is 9.98. The minimum atomic E-state index is 0.338. The second kappa shape index (κ2) is 4.98. The predicted octanol–water partition coefficient (Wildman–Crippen LogP) is 2.31. The van der Waals surface area contributed by atoms with E-state index in [4.69, 9.17) is 21.1 Å². The van der Waals surface area contributed by atoms with Crippen molar-refractivity contribution in [2.24, 2.45) is 0 Å². The van der Waals surface area contributed by atoms with Crippen molar-refractivity contribution in [3.8, 4) is 5.75 Å². The molecule has 4 heteroatoms. The van der Waals surface area contributed by atoms with Crippen molar-refractivity contribution >= 4 is 17.9 Å². The number of ether oxygens (including phenoxy) is 2. The fraction of sp³-hybridized carbons (Fsp3) is 0.300. The first-order valence-electron chi connectivity index (χ1n) is 4.03. The van der Waals surface area contributed by atoms with Gasteiger partial charge in [0.05, 0.1) is 19.3 Å². The third-order valence-corrected chi connectivity index (χ3v) is 2.05. The summed E-state index contributed by atoms with van der Waals surface area (Å²) in [7, 11) is 3.05. The van der Waals surface area contributed by atoms with Gasteiger partial charge in [-0.2, -0.15) is 0 Å². The topological polar surface area (TPSA) is 35.5 Å². The highest BCUT2D eigenvalue weighted by Crippen LogP contribution is 2.26. The molecule has 0 heterocycles. The van der Waals surface area contributed by atoms with E-state index in [0.717, 1.165) is 11.8 Å². The van der Waals surface area contributed by atoms with Crippen LogP contribution in [0.25, 0.3) is 0 Å². The van der Waals surface area contributed by atoms with Crippen molar-refractivity contribution in [1.82, 2.24) is 0 Å². The van der Waals surface area contributed by atoms with E-state index in [1.165, 1.54) is 7.11 Å². The maximum absolute atomic E-state index is 10.8. The molecule has 0 fully saturated rings. The Morgan fingerprint density at radius 2 is 2.14 bits per heavy atom. The molecule has 14 heavy (non-hydrogen) atoms. The smallest absolute Gasteiger partial charge is 0.154 e. The number of aldehydes is 1. The molecule has 3 nitrogen and oxygen atoms in total. The number of hydrogen-bond acceptors (Lipinski definition) is 3. The molecule has 0 saturated heterocycles. The summed E-state index contributed by atoms with van der Waals surface area (Å²) in [6.45, 7) is 0.338. The molecule has 0 aliphatic heterocycles. The lowest BCUT2D eigenvalue weighted by molar-refractivity contribution is 0.111. The Kier molecular flexibility index (Phi) is 3.92. The average Bonchev–Trinajstić information content (AvgIpc) is 2.17. The number of rotatable bonds is 4. The van der Waals surface area contributed by atoms with Crippen LogP contribution in [0.1, 0.15) is 15.9 Å². The number of carbonyl (C=O) groups excluding carboxylic acids is 1. The van der Waals surface area contributed by atoms with Crippen LogP contribution in [0.5, 0.6) is 5.75 Å². The van der Waals surface area contributed by atoms with Gasteiger partial charge in [0, 0.05) is 12.1 Å². The van der Waals surface area contributed by atoms with E-state index in [-0.39, 0.29) is 0 Å². The zero-order valence-corrected chi connectivity index (χ0v) is 8.80. The van der Waals surface area contributed by atoms with Crippen molar-refractivity contribution < 1.29 is 14.3 Å². The Balaban J connectivity index is 3.24. The Labute approximate surface area is 87.6 Å². The van der Waals surface area contributed by atoms with Crippen LogP contribution in [0.3, 0.4) is 0 Å². The van der Waals surface area contributed by atoms with Gasteiger partial charge in [0.25, 0.3) is 0 Å². The van der Waals surface area contributed by atoms with Crippen molar-refractivity contribution in [3.63, 3.8) is 0 Å². The molecule has 1 rings (SSSR count). The van der Waals surface area contributed by atoms with E-state index in [0.29, 0.717) is 22.9 Å². The summed E-state index contributed by atoms with van der Waals surface area (Å²) >= 11 is 5.84. The van der Waals surface area contributed by atoms with Crippen LogP contribution < -0.4 is 4.74 Å². The monoisotopic (exact) mass is 214 g/mol. The first-order valence-corrected chi connectivity index (χ1v) is 4.41. The van der Waals surface area contributed by atoms with Crippen LogP contribution in [0.4, 0.5) is 0 Å². The summed E-state index contributed by atoms with van der Waals surface area (Å²) in [5.41, 5.74) is 1.21. The summed E-state index contributed by atoms with van der Waals surface area (Å²) in [5, 5.41) is 0.527. The molecule has 0 radical (unpaired) electrons. The zero-order chi connectivity index (χ0) is 10.6. The molecule has 1 aromatic rings. The second-order valence-electron chi connectivity index (χ2n) is 2.73. The van der Waals surface area contributed by atoms with Crippen molar-refractivity contribution in [3.05, 3.63) is 28.3 Å². The van der Waals surface area contributed by atoms with Gasteiger partial charge in [-0.15, -0.1) is 0 Å². The molecule has 0 bridgehead atoms. The fourth-order valence-corrected chi connectivity index (χ4v) is 1.46. The minimum Gasteiger partial charge on any atom is -0.496 e. The maximum Gasteiger partial charge on any atom is 0.154 e. The third-order valence-electron chi connectivity index (χ3n) is 1.83. The third kappa shape index (κ3) is 2.25. The minimum absolute atomic E-state index is 0.338. The molecule has 0 atom stereocenters. The first kappa shape index (κ1) is 11.0. The van der Waals surface area contributed by atoms with Crippen LogP contribution in [-0.4, -0.2) is 20.5 Å². The van der Waals surface area contributed by atoms with E-state index in [9.17, 15) is 4.79 Å². The van der Waals surface area contributed by atoms with E-state index in [2.05, 4.69) is 0 Å². The summed E-state index contributed by atoms with van der Waals surface area (Å²) in [5.74, 6) is 0.472. The average molecular weight is 215 g/mol. The van der Waals surface area contributed by atoms with Gasteiger partial charge in [0.2, 0.25) is 0 Å². The number of benzene rings is 1. The Morgan fingerprint density at radius 1 is 1.43 bits per heavy atom. The SMILES string of the molecule is COCc1cc(Cl)cc(OC)c1C=O. The molecular formula is C10H11ClO3. The number of hydrogen-bond donors (Lipinski definition) is 0. The van der Waals surface area contributed by atoms with Gasteiger partial charge in [-0.25, -0.2) is 0 Å². The molecule has 0 N–H and O–H groups in total. The van der Waals surface area contributed by atoms with Crippen LogP contribution >= 0.6 is 11.6 Å². The zero-order valence-electron chi connectivity index (χ0n) is 8.04. The molecule has 0 aliphatic rings. The molecule has 0 saturated carbocycles. The molecule has 1 aromatic carbocycles. The largest absolute Gasteiger partial charge is 0.496 e. The maximum atomic E-state index is 10.8. The van der Waals surface area contributed by atoms with E-state index >= 15 is 0 Å². The summed E-state index contributed by atoms with van der Waals surface area (Å²) in [4.78, 5) is 10.8. The number of methoxy groups -OCH3 is 2. The van der Waals surface area contributed by atoms with Gasteiger partial charge in [0.15, 0.2) is 6.29 Å². The molecule has 0 aromatic heterocycles. The van der Waals surface area contributed by atoms with Crippen LogP contribution in [0.15, 0.2) is 12.1 Å². The molecule has 0 amide bonds. The van der Waals surface area contributed by atoms with Gasteiger partial charge in [-0.3, -0.25) is 4.79 Å². The lowest BCUT2D eigenvalue weighted by atomic mass is 10.1. The van der Waals surface area contributed by atoms with E-state index in [1.807, 2.05) is 0 Å². The molecule has 0 unspecified atom stereocenters. The number of carbonyl (C=O) groups is 1. The van der Waals surface area contributed by atoms with Crippen molar-refractivity contribution in [2.45, 2.75) is 6.61 Å². The van der Waals surface area contributed by atoms with Crippen LogP contribution in [0, 0.1) is 0 Å². The highest BCUT2D eigenvalue weighted by molar-refractivity contribution is 6.30. The van der Waals surface area contributed by atoms with Crippen molar-refractivity contribution in [2.75, 3.05) is 14.2 Å². The summed E-state index contributed by atoms with van der Waals surface area (Å²) in [6.07, 6.45) is 0.740. The quantitative estimate of drug-likeness (QED) is 0.722. The Morgan fingerprint density at radius 3 is 2.64 bits per heavy atom. The van der Waals surface area contributed by atoms with Crippen LogP contribution in [0.2, 0.25) is 5.02 Å². The van der Waals surface area contributed by atoms with E-state index < -0.39 is 0 Å². The second-order valence-corrected chi connectivity index (χ2v) is 3.17. The number of halogens is 1. The van der Waals surface area contributed by atoms with Gasteiger partial charge in [-0.05, 0) is 17.7 Å². The fourth-order valence-electron chi connectivity index (χ4n) is 1.22. The van der Waals surface area contributed by atoms with Gasteiger partial charge in [-0.1, -0.05) is 11.6 Å². The Bertz CT molecular complexity index is 336. The standard InChI is InChI=1S/C10H11ClO3/c1-13-6-7-3-8(11)4-10(14-2)9(7)5-12/h3-5H,6H2,1-2H3. The Hall–Kier alpha value is -1.06. The highest BCUT2D eigenvalue weighted by Gasteiger charge is 2.09. The lowest BCUT2D eigenvalue weighted by Crippen LogP contribution is -1.98. The highest BCUT2D eigenvalue weighted by atomic mass is 35.5. The molecular weight excluding hydrogens is 204 g/mol. The molecule has 76 valence electrons.